The van der Waals surface area contributed by atoms with Crippen LogP contribution in [0.2, 0.25) is 5.02 Å². The number of rotatable bonds is 4. The predicted octanol–water partition coefficient (Wildman–Crippen LogP) is 2.40. The van der Waals surface area contributed by atoms with Crippen molar-refractivity contribution >= 4 is 17.5 Å². The van der Waals surface area contributed by atoms with Crippen molar-refractivity contribution in [2.75, 3.05) is 6.61 Å². The Morgan fingerprint density at radius 1 is 1.22 bits per heavy atom. The Balaban J connectivity index is 1.76. The van der Waals surface area contributed by atoms with E-state index in [2.05, 4.69) is 5.32 Å². The minimum atomic E-state index is -0.527. The van der Waals surface area contributed by atoms with Crippen molar-refractivity contribution < 1.29 is 15.0 Å². The molecule has 1 aromatic rings. The molecule has 2 aliphatic carbocycles. The number of aliphatic hydroxyl groups is 2. The number of hydrogen-bond acceptors (Lipinski definition) is 3. The first-order valence-corrected chi connectivity index (χ1v) is 8.79. The zero-order valence-corrected chi connectivity index (χ0v) is 13.9. The Bertz CT molecular complexity index is 554. The highest BCUT2D eigenvalue weighted by Crippen LogP contribution is 2.42. The van der Waals surface area contributed by atoms with Gasteiger partial charge in [0, 0.05) is 23.6 Å². The Labute approximate surface area is 141 Å². The van der Waals surface area contributed by atoms with Gasteiger partial charge in [-0.2, -0.15) is 0 Å². The van der Waals surface area contributed by atoms with Gasteiger partial charge in [0.2, 0.25) is 5.91 Å². The van der Waals surface area contributed by atoms with Crippen molar-refractivity contribution in [1.29, 1.82) is 0 Å². The Kier molecular flexibility index (Phi) is 4.95. The zero-order chi connectivity index (χ0) is 16.4. The molecule has 0 bridgehead atoms. The van der Waals surface area contributed by atoms with E-state index in [0.29, 0.717) is 17.9 Å². The van der Waals surface area contributed by atoms with Crippen LogP contribution in [0.5, 0.6) is 0 Å². The Hall–Kier alpha value is -1.10. The van der Waals surface area contributed by atoms with E-state index in [1.54, 1.807) is 0 Å². The summed E-state index contributed by atoms with van der Waals surface area (Å²) in [5.74, 6) is -0.0801. The minimum absolute atomic E-state index is 0.0319. The molecule has 3 unspecified atom stereocenters. The van der Waals surface area contributed by atoms with Crippen molar-refractivity contribution in [2.45, 2.75) is 56.1 Å². The highest BCUT2D eigenvalue weighted by Gasteiger charge is 2.44. The van der Waals surface area contributed by atoms with E-state index < -0.39 is 11.5 Å². The summed E-state index contributed by atoms with van der Waals surface area (Å²) in [7, 11) is 0. The molecular formula is C18H24ClNO3. The summed E-state index contributed by atoms with van der Waals surface area (Å²) in [6.45, 7) is -0.0319. The second-order valence-corrected chi connectivity index (χ2v) is 7.38. The van der Waals surface area contributed by atoms with Crippen LogP contribution in [0.4, 0.5) is 0 Å². The molecule has 0 spiro atoms. The molecule has 2 aliphatic rings. The molecular weight excluding hydrogens is 314 g/mol. The van der Waals surface area contributed by atoms with Gasteiger partial charge in [-0.3, -0.25) is 4.79 Å². The molecule has 2 saturated carbocycles. The smallest absolute Gasteiger partial charge is 0.230 e. The lowest BCUT2D eigenvalue weighted by atomic mass is 9.78. The van der Waals surface area contributed by atoms with Gasteiger partial charge in [-0.1, -0.05) is 36.6 Å². The van der Waals surface area contributed by atoms with Gasteiger partial charge in [-0.05, 0) is 43.4 Å². The SMILES string of the molecule is O=C(NC1CC(O)C(CO)C1)C1(c2ccc(Cl)cc2)CCCC1. The summed E-state index contributed by atoms with van der Waals surface area (Å²) < 4.78 is 0. The van der Waals surface area contributed by atoms with Crippen LogP contribution in [0.3, 0.4) is 0 Å². The lowest BCUT2D eigenvalue weighted by molar-refractivity contribution is -0.127. The molecule has 23 heavy (non-hydrogen) atoms. The van der Waals surface area contributed by atoms with E-state index >= 15 is 0 Å². The Morgan fingerprint density at radius 2 is 1.87 bits per heavy atom. The molecule has 2 fully saturated rings. The zero-order valence-electron chi connectivity index (χ0n) is 13.2. The van der Waals surface area contributed by atoms with E-state index in [4.69, 9.17) is 11.6 Å². The summed E-state index contributed by atoms with van der Waals surface area (Å²) >= 11 is 5.98. The number of halogens is 1. The van der Waals surface area contributed by atoms with E-state index in [9.17, 15) is 15.0 Å². The maximum Gasteiger partial charge on any atom is 0.230 e. The van der Waals surface area contributed by atoms with Gasteiger partial charge in [-0.15, -0.1) is 0 Å². The van der Waals surface area contributed by atoms with Crippen LogP contribution >= 0.6 is 11.6 Å². The predicted molar refractivity (Wildman–Crippen MR) is 89.3 cm³/mol. The lowest BCUT2D eigenvalue weighted by Gasteiger charge is -2.30. The summed E-state index contributed by atoms with van der Waals surface area (Å²) in [5.41, 5.74) is 0.543. The molecule has 0 saturated heterocycles. The largest absolute Gasteiger partial charge is 0.396 e. The van der Waals surface area contributed by atoms with E-state index in [1.807, 2.05) is 24.3 Å². The molecule has 5 heteroatoms. The number of carbonyl (C=O) groups is 1. The first-order valence-electron chi connectivity index (χ1n) is 8.41. The maximum absolute atomic E-state index is 13.0. The average molecular weight is 338 g/mol. The monoisotopic (exact) mass is 337 g/mol. The van der Waals surface area contributed by atoms with Crippen molar-refractivity contribution in [1.82, 2.24) is 5.32 Å². The number of nitrogens with one attached hydrogen (secondary N) is 1. The van der Waals surface area contributed by atoms with Gasteiger partial charge in [0.05, 0.1) is 11.5 Å². The van der Waals surface area contributed by atoms with Gasteiger partial charge >= 0.3 is 0 Å². The number of amides is 1. The molecule has 0 aliphatic heterocycles. The number of aliphatic hydroxyl groups excluding tert-OH is 2. The molecule has 1 aromatic carbocycles. The third kappa shape index (κ3) is 3.25. The summed E-state index contributed by atoms with van der Waals surface area (Å²) in [4.78, 5) is 13.0. The molecule has 0 heterocycles. The quantitative estimate of drug-likeness (QED) is 0.790. The third-order valence-corrected chi connectivity index (χ3v) is 5.77. The van der Waals surface area contributed by atoms with E-state index in [-0.39, 0.29) is 24.5 Å². The number of carbonyl (C=O) groups excluding carboxylic acids is 1. The van der Waals surface area contributed by atoms with Crippen molar-refractivity contribution in [3.8, 4) is 0 Å². The van der Waals surface area contributed by atoms with Crippen molar-refractivity contribution in [2.24, 2.45) is 5.92 Å². The average Bonchev–Trinajstić information content (AvgIpc) is 3.15. The van der Waals surface area contributed by atoms with Crippen LogP contribution in [0.25, 0.3) is 0 Å². The summed E-state index contributed by atoms with van der Waals surface area (Å²) in [6, 6.07) is 7.52. The van der Waals surface area contributed by atoms with Crippen molar-refractivity contribution in [3.05, 3.63) is 34.9 Å². The lowest BCUT2D eigenvalue weighted by Crippen LogP contribution is -2.46. The van der Waals surface area contributed by atoms with Gasteiger partial charge < -0.3 is 15.5 Å². The molecule has 0 aromatic heterocycles. The number of hydrogen-bond donors (Lipinski definition) is 3. The molecule has 126 valence electrons. The van der Waals surface area contributed by atoms with Crippen LogP contribution < -0.4 is 5.32 Å². The molecule has 4 nitrogen and oxygen atoms in total. The minimum Gasteiger partial charge on any atom is -0.396 e. The van der Waals surface area contributed by atoms with Crippen LogP contribution in [0.15, 0.2) is 24.3 Å². The van der Waals surface area contributed by atoms with Gasteiger partial charge in [0.25, 0.3) is 0 Å². The fourth-order valence-corrected chi connectivity index (χ4v) is 4.26. The third-order valence-electron chi connectivity index (χ3n) is 5.52. The van der Waals surface area contributed by atoms with E-state index in [1.165, 1.54) is 0 Å². The first kappa shape index (κ1) is 16.7. The highest BCUT2D eigenvalue weighted by molar-refractivity contribution is 6.30. The Morgan fingerprint density at radius 3 is 2.43 bits per heavy atom. The van der Waals surface area contributed by atoms with Crippen LogP contribution in [-0.2, 0) is 10.2 Å². The standard InChI is InChI=1S/C18H24ClNO3/c19-14-5-3-13(4-6-14)18(7-1-2-8-18)17(23)20-15-9-12(11-21)16(22)10-15/h3-6,12,15-16,21-22H,1-2,7-11H2,(H,20,23). The molecule has 3 N–H and O–H groups in total. The maximum atomic E-state index is 13.0. The fourth-order valence-electron chi connectivity index (χ4n) is 4.13. The second-order valence-electron chi connectivity index (χ2n) is 6.95. The number of benzene rings is 1. The second kappa shape index (κ2) is 6.80. The highest BCUT2D eigenvalue weighted by atomic mass is 35.5. The summed E-state index contributed by atoms with van der Waals surface area (Å²) in [6.07, 6.45) is 4.41. The van der Waals surface area contributed by atoms with Gasteiger partial charge in [-0.25, -0.2) is 0 Å². The van der Waals surface area contributed by atoms with Gasteiger partial charge in [0.15, 0.2) is 0 Å². The molecule has 3 atom stereocenters. The molecule has 1 amide bonds. The van der Waals surface area contributed by atoms with Crippen LogP contribution in [-0.4, -0.2) is 34.9 Å². The van der Waals surface area contributed by atoms with Crippen LogP contribution in [0.1, 0.15) is 44.1 Å². The van der Waals surface area contributed by atoms with Crippen molar-refractivity contribution in [3.63, 3.8) is 0 Å². The molecule has 3 rings (SSSR count). The van der Waals surface area contributed by atoms with Gasteiger partial charge in [0.1, 0.15) is 0 Å². The normalized spacial score (nSPS) is 29.6. The molecule has 0 radical (unpaired) electrons. The topological polar surface area (TPSA) is 69.6 Å². The van der Waals surface area contributed by atoms with Crippen LogP contribution in [0, 0.1) is 5.92 Å². The van der Waals surface area contributed by atoms with E-state index in [0.717, 1.165) is 31.2 Å². The first-order chi connectivity index (χ1) is 11.0. The summed E-state index contributed by atoms with van der Waals surface area (Å²) in [5, 5.41) is 23.0. The fraction of sp³-hybridized carbons (Fsp3) is 0.611.